The van der Waals surface area contributed by atoms with Gasteiger partial charge in [0.2, 0.25) is 5.91 Å². The van der Waals surface area contributed by atoms with Crippen molar-refractivity contribution in [3.63, 3.8) is 0 Å². The fraction of sp³-hybridized carbons (Fsp3) is 0.250. The molecule has 0 saturated heterocycles. The number of nitrogens with zero attached hydrogens (tertiary/aromatic N) is 1. The second kappa shape index (κ2) is 7.85. The Morgan fingerprint density at radius 2 is 2.14 bits per heavy atom. The molecule has 1 aliphatic heterocycles. The second-order valence-electron chi connectivity index (χ2n) is 6.46. The third-order valence-corrected chi connectivity index (χ3v) is 5.32. The van der Waals surface area contributed by atoms with Crippen molar-refractivity contribution in [3.05, 3.63) is 64.6 Å². The van der Waals surface area contributed by atoms with Gasteiger partial charge in [-0.3, -0.25) is 14.9 Å². The quantitative estimate of drug-likeness (QED) is 0.687. The number of anilines is 1. The molecule has 2 amide bonds. The molecule has 0 radical (unpaired) electrons. The number of hydrogen-bond acceptors (Lipinski definition) is 6. The number of aromatic nitrogens is 1. The van der Waals surface area contributed by atoms with E-state index in [1.807, 2.05) is 24.3 Å². The molecule has 2 aromatic heterocycles. The van der Waals surface area contributed by atoms with Crippen LogP contribution in [0.5, 0.6) is 5.75 Å². The average Bonchev–Trinajstić information content (AvgIpc) is 3.30. The Balaban J connectivity index is 1.36. The Labute approximate surface area is 165 Å². The maximum atomic E-state index is 12.5. The first-order valence-corrected chi connectivity index (χ1v) is 9.79. The summed E-state index contributed by atoms with van der Waals surface area (Å²) < 4.78 is 10.8. The number of aryl methyl sites for hydroxylation is 1. The van der Waals surface area contributed by atoms with Gasteiger partial charge in [-0.15, -0.1) is 11.3 Å². The predicted molar refractivity (Wildman–Crippen MR) is 105 cm³/mol. The highest BCUT2D eigenvalue weighted by atomic mass is 32.1. The van der Waals surface area contributed by atoms with E-state index >= 15 is 0 Å². The summed E-state index contributed by atoms with van der Waals surface area (Å²) in [7, 11) is 0. The normalized spacial score (nSPS) is 15.4. The molecule has 0 saturated carbocycles. The highest BCUT2D eigenvalue weighted by Gasteiger charge is 2.23. The lowest BCUT2D eigenvalue weighted by Crippen LogP contribution is -2.33. The van der Waals surface area contributed by atoms with Crippen LogP contribution in [-0.4, -0.2) is 23.4 Å². The smallest absolute Gasteiger partial charge is 0.260 e. The van der Waals surface area contributed by atoms with Gasteiger partial charge in [-0.05, 0) is 19.1 Å². The summed E-state index contributed by atoms with van der Waals surface area (Å²) in [6.07, 6.45) is 2.35. The molecule has 3 aromatic rings. The maximum absolute atomic E-state index is 12.5. The molecule has 0 bridgehead atoms. The summed E-state index contributed by atoms with van der Waals surface area (Å²) in [4.78, 5) is 29.0. The highest BCUT2D eigenvalue weighted by Crippen LogP contribution is 2.31. The zero-order valence-electron chi connectivity index (χ0n) is 15.2. The fourth-order valence-electron chi connectivity index (χ4n) is 3.13. The van der Waals surface area contributed by atoms with Crippen molar-refractivity contribution in [2.75, 3.05) is 11.9 Å². The van der Waals surface area contributed by atoms with Crippen LogP contribution in [-0.2, 0) is 11.2 Å². The van der Waals surface area contributed by atoms with E-state index in [9.17, 15) is 9.59 Å². The number of carbonyl (C=O) groups excluding carboxylic acids is 2. The number of nitrogens with one attached hydrogen (secondary N) is 2. The van der Waals surface area contributed by atoms with Gasteiger partial charge in [0, 0.05) is 17.4 Å². The molecule has 28 heavy (non-hydrogen) atoms. The molecule has 1 aromatic carbocycles. The van der Waals surface area contributed by atoms with E-state index in [0.29, 0.717) is 28.8 Å². The predicted octanol–water partition coefficient (Wildman–Crippen LogP) is 3.48. The Kier molecular flexibility index (Phi) is 5.12. The van der Waals surface area contributed by atoms with Gasteiger partial charge in [-0.1, -0.05) is 18.2 Å². The monoisotopic (exact) mass is 397 g/mol. The first-order chi connectivity index (χ1) is 13.6. The van der Waals surface area contributed by atoms with E-state index < -0.39 is 0 Å². The van der Waals surface area contributed by atoms with E-state index in [0.717, 1.165) is 17.7 Å². The van der Waals surface area contributed by atoms with E-state index in [1.54, 1.807) is 18.4 Å². The molecular formula is C20H19N3O4S. The van der Waals surface area contributed by atoms with Crippen LogP contribution in [0.1, 0.15) is 39.8 Å². The molecule has 0 aliphatic carbocycles. The molecule has 1 aliphatic rings. The van der Waals surface area contributed by atoms with Gasteiger partial charge in [0.1, 0.15) is 11.5 Å². The average molecular weight is 397 g/mol. The van der Waals surface area contributed by atoms with Gasteiger partial charge < -0.3 is 14.5 Å². The van der Waals surface area contributed by atoms with Crippen molar-refractivity contribution in [3.8, 4) is 5.75 Å². The largest absolute Gasteiger partial charge is 0.493 e. The third-order valence-electron chi connectivity index (χ3n) is 4.51. The Bertz CT molecular complexity index is 1010. The van der Waals surface area contributed by atoms with Crippen LogP contribution >= 0.6 is 11.3 Å². The molecule has 144 valence electrons. The van der Waals surface area contributed by atoms with Crippen molar-refractivity contribution in [1.29, 1.82) is 0 Å². The SMILES string of the molecule is Cc1occc1C(=O)Nc1nc(CC(=O)N[C@@H]2CCOc3ccccc32)cs1. The second-order valence-corrected chi connectivity index (χ2v) is 7.32. The van der Waals surface area contributed by atoms with Gasteiger partial charge in [-0.2, -0.15) is 0 Å². The number of fused-ring (bicyclic) bond motifs is 1. The molecule has 1 atom stereocenters. The van der Waals surface area contributed by atoms with Gasteiger partial charge in [0.05, 0.1) is 36.6 Å². The number of ether oxygens (including phenoxy) is 1. The number of benzene rings is 1. The maximum Gasteiger partial charge on any atom is 0.260 e. The third kappa shape index (κ3) is 3.91. The summed E-state index contributed by atoms with van der Waals surface area (Å²) in [6, 6.07) is 9.26. The molecule has 7 nitrogen and oxygen atoms in total. The van der Waals surface area contributed by atoms with Gasteiger partial charge in [0.15, 0.2) is 5.13 Å². The fourth-order valence-corrected chi connectivity index (χ4v) is 3.84. The molecule has 8 heteroatoms. The van der Waals surface area contributed by atoms with Crippen LogP contribution in [0.25, 0.3) is 0 Å². The molecular weight excluding hydrogens is 378 g/mol. The molecule has 2 N–H and O–H groups in total. The van der Waals surface area contributed by atoms with E-state index in [2.05, 4.69) is 15.6 Å². The minimum atomic E-state index is -0.282. The number of para-hydroxylation sites is 1. The van der Waals surface area contributed by atoms with Crippen molar-refractivity contribution in [2.24, 2.45) is 0 Å². The number of furan rings is 1. The molecule has 3 heterocycles. The standard InChI is InChI=1S/C20H19N3O4S/c1-12-14(6-8-26-12)19(25)23-20-21-13(11-28-20)10-18(24)22-16-7-9-27-17-5-3-2-4-15(16)17/h2-6,8,11,16H,7,9-10H2,1H3,(H,22,24)(H,21,23,25)/t16-/m1/s1. The van der Waals surface area contributed by atoms with E-state index in [4.69, 9.17) is 9.15 Å². The van der Waals surface area contributed by atoms with Crippen molar-refractivity contribution in [1.82, 2.24) is 10.3 Å². The van der Waals surface area contributed by atoms with Crippen molar-refractivity contribution in [2.45, 2.75) is 25.8 Å². The van der Waals surface area contributed by atoms with Crippen molar-refractivity contribution >= 4 is 28.3 Å². The van der Waals surface area contributed by atoms with Crippen LogP contribution in [0.2, 0.25) is 0 Å². The lowest BCUT2D eigenvalue weighted by atomic mass is 10.0. The minimum Gasteiger partial charge on any atom is -0.493 e. The minimum absolute atomic E-state index is 0.0701. The van der Waals surface area contributed by atoms with Crippen molar-refractivity contribution < 1.29 is 18.7 Å². The van der Waals surface area contributed by atoms with Crippen LogP contribution in [0.15, 0.2) is 46.4 Å². The van der Waals surface area contributed by atoms with Crippen LogP contribution in [0.4, 0.5) is 5.13 Å². The number of hydrogen-bond donors (Lipinski definition) is 2. The number of rotatable bonds is 5. The van der Waals surface area contributed by atoms with E-state index in [1.165, 1.54) is 17.6 Å². The summed E-state index contributed by atoms with van der Waals surface area (Å²) in [5.41, 5.74) is 2.07. The Hall–Kier alpha value is -3.13. The lowest BCUT2D eigenvalue weighted by Gasteiger charge is -2.26. The highest BCUT2D eigenvalue weighted by molar-refractivity contribution is 7.14. The first kappa shape index (κ1) is 18.2. The Morgan fingerprint density at radius 1 is 1.29 bits per heavy atom. The van der Waals surface area contributed by atoms with Gasteiger partial charge in [0.25, 0.3) is 5.91 Å². The van der Waals surface area contributed by atoms with E-state index in [-0.39, 0.29) is 24.3 Å². The zero-order chi connectivity index (χ0) is 19.5. The lowest BCUT2D eigenvalue weighted by molar-refractivity contribution is -0.121. The topological polar surface area (TPSA) is 93.5 Å². The first-order valence-electron chi connectivity index (χ1n) is 8.91. The summed E-state index contributed by atoms with van der Waals surface area (Å²) in [6.45, 7) is 2.29. The summed E-state index contributed by atoms with van der Waals surface area (Å²) >= 11 is 1.28. The van der Waals surface area contributed by atoms with Crippen LogP contribution in [0.3, 0.4) is 0 Å². The number of amides is 2. The molecule has 0 fully saturated rings. The van der Waals surface area contributed by atoms with Gasteiger partial charge >= 0.3 is 0 Å². The van der Waals surface area contributed by atoms with Gasteiger partial charge in [-0.25, -0.2) is 4.98 Å². The zero-order valence-corrected chi connectivity index (χ0v) is 16.0. The molecule has 0 spiro atoms. The Morgan fingerprint density at radius 3 is 2.96 bits per heavy atom. The van der Waals surface area contributed by atoms with Crippen LogP contribution in [0, 0.1) is 6.92 Å². The van der Waals surface area contributed by atoms with Crippen LogP contribution < -0.4 is 15.4 Å². The molecule has 0 unspecified atom stereocenters. The number of thiazole rings is 1. The number of carbonyl (C=O) groups is 2. The summed E-state index contributed by atoms with van der Waals surface area (Å²) in [5.74, 6) is 0.962. The molecule has 4 rings (SSSR count). The summed E-state index contributed by atoms with van der Waals surface area (Å²) in [5, 5.41) is 8.00.